The van der Waals surface area contributed by atoms with Crippen LogP contribution in [-0.2, 0) is 11.3 Å². The van der Waals surface area contributed by atoms with Gasteiger partial charge in [0.05, 0.1) is 5.02 Å². The van der Waals surface area contributed by atoms with Gasteiger partial charge < -0.3 is 10.6 Å². The maximum Gasteiger partial charge on any atom is 0.223 e. The Labute approximate surface area is 111 Å². The SMILES string of the molecule is O=C(NCCNCc1cccc(F)c1Cl)C1CC1. The summed E-state index contributed by atoms with van der Waals surface area (Å²) in [4.78, 5) is 11.3. The molecule has 3 nitrogen and oxygen atoms in total. The Morgan fingerprint density at radius 1 is 1.39 bits per heavy atom. The Kier molecular flexibility index (Phi) is 4.55. The van der Waals surface area contributed by atoms with Crippen LogP contribution in [0.2, 0.25) is 5.02 Å². The zero-order chi connectivity index (χ0) is 13.0. The normalized spacial score (nSPS) is 14.6. The van der Waals surface area contributed by atoms with E-state index in [0.717, 1.165) is 18.4 Å². The molecule has 1 saturated carbocycles. The first-order valence-corrected chi connectivity index (χ1v) is 6.47. The lowest BCUT2D eigenvalue weighted by Crippen LogP contribution is -2.32. The second-order valence-corrected chi connectivity index (χ2v) is 4.83. The molecule has 1 amide bonds. The number of halogens is 2. The highest BCUT2D eigenvalue weighted by Crippen LogP contribution is 2.28. The van der Waals surface area contributed by atoms with Crippen LogP contribution in [0.1, 0.15) is 18.4 Å². The molecule has 0 saturated heterocycles. The summed E-state index contributed by atoms with van der Waals surface area (Å²) in [5.41, 5.74) is 0.727. The molecule has 0 unspecified atom stereocenters. The third kappa shape index (κ3) is 3.68. The number of benzene rings is 1. The van der Waals surface area contributed by atoms with Crippen LogP contribution >= 0.6 is 11.6 Å². The molecule has 18 heavy (non-hydrogen) atoms. The molecule has 0 heterocycles. The molecule has 1 aromatic rings. The lowest BCUT2D eigenvalue weighted by Gasteiger charge is -2.08. The summed E-state index contributed by atoms with van der Waals surface area (Å²) in [5, 5.41) is 6.13. The standard InChI is InChI=1S/C13H16ClFN2O/c14-12-10(2-1-3-11(12)15)8-16-6-7-17-13(18)9-4-5-9/h1-3,9,16H,4-8H2,(H,17,18). The molecule has 0 bridgehead atoms. The molecule has 0 radical (unpaired) electrons. The van der Waals surface area contributed by atoms with Crippen LogP contribution in [0.4, 0.5) is 4.39 Å². The van der Waals surface area contributed by atoms with Gasteiger partial charge in [-0.1, -0.05) is 23.7 Å². The molecule has 1 fully saturated rings. The molecule has 0 aliphatic heterocycles. The van der Waals surface area contributed by atoms with Crippen LogP contribution in [-0.4, -0.2) is 19.0 Å². The monoisotopic (exact) mass is 270 g/mol. The van der Waals surface area contributed by atoms with Crippen LogP contribution in [0, 0.1) is 11.7 Å². The Morgan fingerprint density at radius 3 is 2.89 bits per heavy atom. The number of hydrogen-bond acceptors (Lipinski definition) is 2. The van der Waals surface area contributed by atoms with Crippen molar-refractivity contribution >= 4 is 17.5 Å². The fraction of sp³-hybridized carbons (Fsp3) is 0.462. The lowest BCUT2D eigenvalue weighted by molar-refractivity contribution is -0.122. The van der Waals surface area contributed by atoms with Gasteiger partial charge in [-0.05, 0) is 24.5 Å². The summed E-state index contributed by atoms with van der Waals surface area (Å²) in [6, 6.07) is 4.75. The summed E-state index contributed by atoms with van der Waals surface area (Å²) in [6.07, 6.45) is 2.02. The first-order valence-electron chi connectivity index (χ1n) is 6.10. The third-order valence-corrected chi connectivity index (χ3v) is 3.32. The van der Waals surface area contributed by atoms with Crippen molar-refractivity contribution in [2.45, 2.75) is 19.4 Å². The fourth-order valence-electron chi connectivity index (χ4n) is 1.67. The van der Waals surface area contributed by atoms with Crippen molar-refractivity contribution in [3.63, 3.8) is 0 Å². The van der Waals surface area contributed by atoms with Crippen molar-refractivity contribution in [3.8, 4) is 0 Å². The molecular formula is C13H16ClFN2O. The molecule has 0 aromatic heterocycles. The zero-order valence-electron chi connectivity index (χ0n) is 10.0. The molecule has 98 valence electrons. The molecule has 0 spiro atoms. The molecule has 1 aliphatic carbocycles. The number of carbonyl (C=O) groups excluding carboxylic acids is 1. The van der Waals surface area contributed by atoms with Gasteiger partial charge in [-0.2, -0.15) is 0 Å². The minimum absolute atomic E-state index is 0.139. The van der Waals surface area contributed by atoms with Crippen molar-refractivity contribution in [1.82, 2.24) is 10.6 Å². The van der Waals surface area contributed by atoms with Gasteiger partial charge in [0.2, 0.25) is 5.91 Å². The quantitative estimate of drug-likeness (QED) is 0.778. The van der Waals surface area contributed by atoms with E-state index in [4.69, 9.17) is 11.6 Å². The van der Waals surface area contributed by atoms with Gasteiger partial charge in [-0.3, -0.25) is 4.79 Å². The van der Waals surface area contributed by atoms with Crippen LogP contribution in [0.5, 0.6) is 0 Å². The lowest BCUT2D eigenvalue weighted by atomic mass is 10.2. The minimum atomic E-state index is -0.405. The van der Waals surface area contributed by atoms with Gasteiger partial charge in [-0.25, -0.2) is 4.39 Å². The summed E-state index contributed by atoms with van der Waals surface area (Å²) in [6.45, 7) is 1.73. The predicted octanol–water partition coefficient (Wildman–Crippen LogP) is 2.09. The number of rotatable bonds is 6. The molecule has 1 aliphatic rings. The van der Waals surface area contributed by atoms with E-state index in [0.29, 0.717) is 19.6 Å². The van der Waals surface area contributed by atoms with Crippen molar-refractivity contribution in [2.24, 2.45) is 5.92 Å². The average molecular weight is 271 g/mol. The molecule has 5 heteroatoms. The van der Waals surface area contributed by atoms with E-state index < -0.39 is 5.82 Å². The highest BCUT2D eigenvalue weighted by Gasteiger charge is 2.28. The van der Waals surface area contributed by atoms with Crippen molar-refractivity contribution in [1.29, 1.82) is 0 Å². The molecule has 1 aromatic carbocycles. The number of amides is 1. The van der Waals surface area contributed by atoms with E-state index in [1.807, 2.05) is 0 Å². The van der Waals surface area contributed by atoms with E-state index >= 15 is 0 Å². The maximum absolute atomic E-state index is 13.1. The average Bonchev–Trinajstić information content (AvgIpc) is 3.18. The second kappa shape index (κ2) is 6.16. The summed E-state index contributed by atoms with van der Waals surface area (Å²) < 4.78 is 13.1. The van der Waals surface area contributed by atoms with Crippen LogP contribution in [0.15, 0.2) is 18.2 Å². The van der Waals surface area contributed by atoms with E-state index in [-0.39, 0.29) is 16.8 Å². The van der Waals surface area contributed by atoms with E-state index in [1.54, 1.807) is 12.1 Å². The van der Waals surface area contributed by atoms with Gasteiger partial charge in [0.15, 0.2) is 0 Å². The van der Waals surface area contributed by atoms with E-state index in [9.17, 15) is 9.18 Å². The Balaban J connectivity index is 1.65. The molecule has 0 atom stereocenters. The van der Waals surface area contributed by atoms with Gasteiger partial charge in [0, 0.05) is 25.6 Å². The molecule has 2 rings (SSSR count). The van der Waals surface area contributed by atoms with E-state index in [1.165, 1.54) is 6.07 Å². The van der Waals surface area contributed by atoms with Gasteiger partial charge in [-0.15, -0.1) is 0 Å². The fourth-order valence-corrected chi connectivity index (χ4v) is 1.86. The van der Waals surface area contributed by atoms with Crippen molar-refractivity contribution < 1.29 is 9.18 Å². The zero-order valence-corrected chi connectivity index (χ0v) is 10.8. The minimum Gasteiger partial charge on any atom is -0.355 e. The largest absolute Gasteiger partial charge is 0.355 e. The second-order valence-electron chi connectivity index (χ2n) is 4.46. The molecule has 2 N–H and O–H groups in total. The van der Waals surface area contributed by atoms with Crippen LogP contribution in [0.25, 0.3) is 0 Å². The van der Waals surface area contributed by atoms with Gasteiger partial charge in [0.25, 0.3) is 0 Å². The van der Waals surface area contributed by atoms with Crippen LogP contribution < -0.4 is 10.6 Å². The summed E-state index contributed by atoms with van der Waals surface area (Å²) in [5.74, 6) is -0.0266. The first kappa shape index (κ1) is 13.3. The van der Waals surface area contributed by atoms with Gasteiger partial charge in [0.1, 0.15) is 5.82 Å². The highest BCUT2D eigenvalue weighted by atomic mass is 35.5. The van der Waals surface area contributed by atoms with Crippen LogP contribution in [0.3, 0.4) is 0 Å². The molecular weight excluding hydrogens is 255 g/mol. The highest BCUT2D eigenvalue weighted by molar-refractivity contribution is 6.31. The smallest absolute Gasteiger partial charge is 0.223 e. The van der Waals surface area contributed by atoms with Crippen molar-refractivity contribution in [2.75, 3.05) is 13.1 Å². The Bertz CT molecular complexity index is 435. The Morgan fingerprint density at radius 2 is 2.17 bits per heavy atom. The maximum atomic E-state index is 13.1. The summed E-state index contributed by atoms with van der Waals surface area (Å²) in [7, 11) is 0. The number of hydrogen-bond donors (Lipinski definition) is 2. The Hall–Kier alpha value is -1.13. The first-order chi connectivity index (χ1) is 8.68. The predicted molar refractivity (Wildman–Crippen MR) is 68.9 cm³/mol. The van der Waals surface area contributed by atoms with Crippen molar-refractivity contribution in [3.05, 3.63) is 34.6 Å². The topological polar surface area (TPSA) is 41.1 Å². The van der Waals surface area contributed by atoms with Gasteiger partial charge >= 0.3 is 0 Å². The third-order valence-electron chi connectivity index (χ3n) is 2.90. The van der Waals surface area contributed by atoms with E-state index in [2.05, 4.69) is 10.6 Å². The number of nitrogens with one attached hydrogen (secondary N) is 2. The summed E-state index contributed by atoms with van der Waals surface area (Å²) >= 11 is 5.82. The number of carbonyl (C=O) groups is 1.